The number of nitrogens with one attached hydrogen (secondary N) is 1. The van der Waals surface area contributed by atoms with E-state index in [0.717, 1.165) is 6.42 Å². The largest absolute Gasteiger partial charge is 0.353 e. The molecular weight excluding hydrogens is 206 g/mol. The van der Waals surface area contributed by atoms with E-state index in [4.69, 9.17) is 9.47 Å². The van der Waals surface area contributed by atoms with Crippen molar-refractivity contribution in [1.82, 2.24) is 5.32 Å². The van der Waals surface area contributed by atoms with Crippen molar-refractivity contribution in [2.75, 3.05) is 19.9 Å². The van der Waals surface area contributed by atoms with Crippen molar-refractivity contribution in [1.29, 1.82) is 0 Å². The van der Waals surface area contributed by atoms with Gasteiger partial charge in [0, 0.05) is 6.54 Å². The van der Waals surface area contributed by atoms with Gasteiger partial charge in [0.1, 0.15) is 6.79 Å². The molecular formula is C12H23NO3. The summed E-state index contributed by atoms with van der Waals surface area (Å²) in [5, 5.41) is 2.90. The maximum atomic E-state index is 11.6. The molecule has 0 aliphatic carbocycles. The van der Waals surface area contributed by atoms with Crippen molar-refractivity contribution in [2.45, 2.75) is 40.2 Å². The number of carbonyl (C=O) groups excluding carboxylic acids is 1. The zero-order chi connectivity index (χ0) is 12.2. The van der Waals surface area contributed by atoms with Crippen molar-refractivity contribution in [2.24, 2.45) is 11.3 Å². The van der Waals surface area contributed by atoms with E-state index in [-0.39, 0.29) is 12.7 Å². The Labute approximate surface area is 97.7 Å². The van der Waals surface area contributed by atoms with Crippen molar-refractivity contribution < 1.29 is 14.3 Å². The van der Waals surface area contributed by atoms with Crippen molar-refractivity contribution >= 4 is 5.91 Å². The molecule has 1 aliphatic heterocycles. The number of hydrogen-bond acceptors (Lipinski definition) is 3. The Morgan fingerprint density at radius 1 is 1.50 bits per heavy atom. The predicted octanol–water partition coefficient (Wildman–Crippen LogP) is 1.55. The molecule has 94 valence electrons. The molecule has 1 aliphatic rings. The first kappa shape index (κ1) is 13.5. The van der Waals surface area contributed by atoms with Crippen LogP contribution in [0.4, 0.5) is 0 Å². The molecule has 2 atom stereocenters. The third-order valence-corrected chi connectivity index (χ3v) is 2.50. The lowest BCUT2D eigenvalue weighted by atomic mass is 9.85. The summed E-state index contributed by atoms with van der Waals surface area (Å²) in [6.45, 7) is 10.1. The van der Waals surface area contributed by atoms with Gasteiger partial charge >= 0.3 is 0 Å². The fourth-order valence-corrected chi connectivity index (χ4v) is 1.99. The van der Waals surface area contributed by atoms with E-state index in [2.05, 4.69) is 33.0 Å². The molecule has 0 aromatic carbocycles. The number of rotatable bonds is 4. The van der Waals surface area contributed by atoms with Gasteiger partial charge in [0.15, 0.2) is 6.10 Å². The summed E-state index contributed by atoms with van der Waals surface area (Å²) >= 11 is 0. The van der Waals surface area contributed by atoms with Gasteiger partial charge in [0.25, 0.3) is 5.91 Å². The molecule has 0 spiro atoms. The fraction of sp³-hybridized carbons (Fsp3) is 0.917. The van der Waals surface area contributed by atoms with Gasteiger partial charge in [-0.1, -0.05) is 27.7 Å². The molecule has 0 radical (unpaired) electrons. The highest BCUT2D eigenvalue weighted by Gasteiger charge is 2.24. The zero-order valence-electron chi connectivity index (χ0n) is 10.7. The first-order chi connectivity index (χ1) is 7.38. The molecule has 0 aromatic rings. The average Bonchev–Trinajstić information content (AvgIpc) is 2.64. The van der Waals surface area contributed by atoms with Crippen LogP contribution in [0.5, 0.6) is 0 Å². The highest BCUT2D eigenvalue weighted by Crippen LogP contribution is 2.23. The third kappa shape index (κ3) is 4.94. The Balaban J connectivity index is 2.20. The molecule has 16 heavy (non-hydrogen) atoms. The zero-order valence-corrected chi connectivity index (χ0v) is 10.7. The van der Waals surface area contributed by atoms with E-state index in [1.54, 1.807) is 0 Å². The molecule has 0 saturated carbocycles. The highest BCUT2D eigenvalue weighted by molar-refractivity contribution is 5.81. The molecule has 0 aromatic heterocycles. The van der Waals surface area contributed by atoms with E-state index < -0.39 is 6.10 Å². The summed E-state index contributed by atoms with van der Waals surface area (Å²) in [6.07, 6.45) is 0.678. The average molecular weight is 229 g/mol. The van der Waals surface area contributed by atoms with Gasteiger partial charge in [0.05, 0.1) is 6.61 Å². The summed E-state index contributed by atoms with van der Waals surface area (Å²) in [6, 6.07) is 0. The first-order valence-electron chi connectivity index (χ1n) is 5.85. The molecule has 4 heteroatoms. The van der Waals surface area contributed by atoms with Crippen molar-refractivity contribution in [3.63, 3.8) is 0 Å². The Bertz CT molecular complexity index is 229. The van der Waals surface area contributed by atoms with Crippen LogP contribution in [0.2, 0.25) is 0 Å². The SMILES string of the molecule is CC(CNC(=O)C1COCO1)CC(C)(C)C. The van der Waals surface area contributed by atoms with E-state index in [1.165, 1.54) is 0 Å². The van der Waals surface area contributed by atoms with Crippen molar-refractivity contribution in [3.05, 3.63) is 0 Å². The maximum absolute atomic E-state index is 11.6. The predicted molar refractivity (Wildman–Crippen MR) is 61.9 cm³/mol. The van der Waals surface area contributed by atoms with E-state index >= 15 is 0 Å². The van der Waals surface area contributed by atoms with Gasteiger partial charge < -0.3 is 14.8 Å². The van der Waals surface area contributed by atoms with Gasteiger partial charge in [-0.3, -0.25) is 4.79 Å². The lowest BCUT2D eigenvalue weighted by Gasteiger charge is -2.23. The molecule has 1 heterocycles. The Hall–Kier alpha value is -0.610. The Morgan fingerprint density at radius 2 is 2.19 bits per heavy atom. The monoisotopic (exact) mass is 229 g/mol. The minimum absolute atomic E-state index is 0.0572. The Morgan fingerprint density at radius 3 is 2.69 bits per heavy atom. The fourth-order valence-electron chi connectivity index (χ4n) is 1.99. The molecule has 2 unspecified atom stereocenters. The molecule has 4 nitrogen and oxygen atoms in total. The first-order valence-corrected chi connectivity index (χ1v) is 5.85. The van der Waals surface area contributed by atoms with Gasteiger partial charge in [-0.15, -0.1) is 0 Å². The molecule has 1 amide bonds. The number of amides is 1. The van der Waals surface area contributed by atoms with Gasteiger partial charge in [-0.05, 0) is 17.8 Å². The summed E-state index contributed by atoms with van der Waals surface area (Å²) in [4.78, 5) is 11.6. The van der Waals surface area contributed by atoms with Crippen LogP contribution < -0.4 is 5.32 Å². The van der Waals surface area contributed by atoms with Gasteiger partial charge in [0.2, 0.25) is 0 Å². The smallest absolute Gasteiger partial charge is 0.251 e. The number of carbonyl (C=O) groups is 1. The van der Waals surface area contributed by atoms with Gasteiger partial charge in [-0.25, -0.2) is 0 Å². The second kappa shape index (κ2) is 5.64. The topological polar surface area (TPSA) is 47.6 Å². The normalized spacial score (nSPS) is 23.1. The van der Waals surface area contributed by atoms with Crippen LogP contribution in [-0.4, -0.2) is 32.0 Å². The minimum atomic E-state index is -0.415. The number of hydrogen-bond donors (Lipinski definition) is 1. The number of ether oxygens (including phenoxy) is 2. The molecule has 1 fully saturated rings. The summed E-state index contributed by atoms with van der Waals surface area (Å²) < 4.78 is 10.1. The molecule has 1 saturated heterocycles. The summed E-state index contributed by atoms with van der Waals surface area (Å²) in [7, 11) is 0. The Kier molecular flexibility index (Phi) is 4.74. The third-order valence-electron chi connectivity index (χ3n) is 2.50. The molecule has 0 bridgehead atoms. The second-order valence-corrected chi connectivity index (χ2v) is 5.76. The standard InChI is InChI=1S/C12H23NO3/c1-9(5-12(2,3)4)6-13-11(14)10-7-15-8-16-10/h9-10H,5-8H2,1-4H3,(H,13,14). The van der Waals surface area contributed by atoms with Crippen molar-refractivity contribution in [3.8, 4) is 0 Å². The van der Waals surface area contributed by atoms with Crippen LogP contribution >= 0.6 is 0 Å². The minimum Gasteiger partial charge on any atom is -0.353 e. The highest BCUT2D eigenvalue weighted by atomic mass is 16.7. The maximum Gasteiger partial charge on any atom is 0.251 e. The lowest BCUT2D eigenvalue weighted by molar-refractivity contribution is -0.129. The summed E-state index contributed by atoms with van der Waals surface area (Å²) in [5.41, 5.74) is 0.303. The van der Waals surface area contributed by atoms with Crippen LogP contribution in [-0.2, 0) is 14.3 Å². The van der Waals surface area contributed by atoms with Gasteiger partial charge in [-0.2, -0.15) is 0 Å². The van der Waals surface area contributed by atoms with Crippen LogP contribution in [0.3, 0.4) is 0 Å². The van der Waals surface area contributed by atoms with Crippen LogP contribution in [0.1, 0.15) is 34.1 Å². The quantitative estimate of drug-likeness (QED) is 0.795. The molecule has 1 rings (SSSR count). The molecule has 1 N–H and O–H groups in total. The second-order valence-electron chi connectivity index (χ2n) is 5.76. The van der Waals surface area contributed by atoms with E-state index in [0.29, 0.717) is 24.5 Å². The van der Waals surface area contributed by atoms with E-state index in [9.17, 15) is 4.79 Å². The van der Waals surface area contributed by atoms with Crippen LogP contribution in [0, 0.1) is 11.3 Å². The van der Waals surface area contributed by atoms with Crippen LogP contribution in [0.25, 0.3) is 0 Å². The van der Waals surface area contributed by atoms with E-state index in [1.807, 2.05) is 0 Å². The summed E-state index contributed by atoms with van der Waals surface area (Å²) in [5.74, 6) is 0.421. The van der Waals surface area contributed by atoms with Crippen LogP contribution in [0.15, 0.2) is 0 Å². The lowest BCUT2D eigenvalue weighted by Crippen LogP contribution is -2.38.